The second-order valence-corrected chi connectivity index (χ2v) is 22.6. The molecule has 0 radical (unpaired) electrons. The molecule has 1 aliphatic heterocycles. The molecule has 5 rings (SSSR count). The van der Waals surface area contributed by atoms with Gasteiger partial charge in [-0.05, 0) is 96.0 Å². The summed E-state index contributed by atoms with van der Waals surface area (Å²) < 4.78 is 125. The van der Waals surface area contributed by atoms with Gasteiger partial charge >= 0.3 is 5.97 Å². The van der Waals surface area contributed by atoms with Crippen LogP contribution in [0.2, 0.25) is 0 Å². The molecule has 18 heteroatoms. The maximum atomic E-state index is 14.7. The number of nitrogens with zero attached hydrogens (tertiary/aromatic N) is 4. The predicted molar refractivity (Wildman–Crippen MR) is 234 cm³/mol. The molecule has 0 aliphatic carbocycles. The van der Waals surface area contributed by atoms with E-state index in [1.807, 2.05) is 13.8 Å². The average Bonchev–Trinajstić information content (AvgIpc) is 3.21. The molecule has 1 atom stereocenters. The third-order valence-electron chi connectivity index (χ3n) is 10.3. The van der Waals surface area contributed by atoms with Crippen LogP contribution in [0.5, 0.6) is 0 Å². The molecule has 4 aromatic carbocycles. The Bertz CT molecular complexity index is 2600. The van der Waals surface area contributed by atoms with Crippen molar-refractivity contribution in [2.75, 3.05) is 52.4 Å². The lowest BCUT2D eigenvalue weighted by Gasteiger charge is -2.35. The van der Waals surface area contributed by atoms with Gasteiger partial charge in [0.2, 0.25) is 40.1 Å². The van der Waals surface area contributed by atoms with E-state index in [9.17, 15) is 38.5 Å². The fourth-order valence-electron chi connectivity index (χ4n) is 6.79. The molecule has 0 N–H and O–H groups in total. The van der Waals surface area contributed by atoms with Crippen LogP contribution in [0, 0.1) is 27.7 Å². The summed E-state index contributed by atoms with van der Waals surface area (Å²) in [5, 5.41) is 0. The quantitative estimate of drug-likeness (QED) is 0.143. The van der Waals surface area contributed by atoms with Gasteiger partial charge in [-0.25, -0.2) is 38.5 Å². The first-order valence-electron chi connectivity index (χ1n) is 19.9. The first-order valence-corrected chi connectivity index (χ1v) is 25.7. The van der Waals surface area contributed by atoms with Gasteiger partial charge < -0.3 is 4.74 Å². The zero-order valence-electron chi connectivity index (χ0n) is 35.0. The lowest BCUT2D eigenvalue weighted by atomic mass is 10.2. The second kappa shape index (κ2) is 20.3. The highest BCUT2D eigenvalue weighted by Crippen LogP contribution is 2.26. The van der Waals surface area contributed by atoms with E-state index in [0.717, 1.165) is 45.6 Å². The van der Waals surface area contributed by atoms with Crippen molar-refractivity contribution in [2.24, 2.45) is 0 Å². The highest BCUT2D eigenvalue weighted by Gasteiger charge is 2.37. The fourth-order valence-corrected chi connectivity index (χ4v) is 12.8. The van der Waals surface area contributed by atoms with E-state index in [1.54, 1.807) is 69.3 Å². The van der Waals surface area contributed by atoms with Gasteiger partial charge in [0.1, 0.15) is 0 Å². The van der Waals surface area contributed by atoms with Crippen LogP contribution in [-0.4, -0.2) is 115 Å². The fraction of sp³-hybridized carbons (Fsp3) is 0.372. The van der Waals surface area contributed by atoms with Crippen molar-refractivity contribution >= 4 is 46.1 Å². The summed E-state index contributed by atoms with van der Waals surface area (Å²) in [5.41, 5.74) is 3.26. The Morgan fingerprint density at radius 1 is 0.508 bits per heavy atom. The van der Waals surface area contributed by atoms with Gasteiger partial charge in [0, 0.05) is 51.9 Å². The number of hydrogen-bond donors (Lipinski definition) is 0. The lowest BCUT2D eigenvalue weighted by molar-refractivity contribution is -0.137. The van der Waals surface area contributed by atoms with Crippen molar-refractivity contribution in [3.63, 3.8) is 0 Å². The average molecular weight is 915 g/mol. The molecule has 14 nitrogen and oxygen atoms in total. The third kappa shape index (κ3) is 11.8. The Kier molecular flexibility index (Phi) is 15.9. The summed E-state index contributed by atoms with van der Waals surface area (Å²) >= 11 is 0. The third-order valence-corrected chi connectivity index (χ3v) is 17.9. The number of rotatable bonds is 11. The molecule has 1 unspecified atom stereocenters. The van der Waals surface area contributed by atoms with Crippen LogP contribution in [0.3, 0.4) is 0 Å². The van der Waals surface area contributed by atoms with Gasteiger partial charge in [0.25, 0.3) is 0 Å². The Labute approximate surface area is 361 Å². The molecule has 4 aromatic rings. The molecule has 1 fully saturated rings. The number of benzene rings is 4. The van der Waals surface area contributed by atoms with E-state index in [-0.39, 0.29) is 78.3 Å². The van der Waals surface area contributed by atoms with Crippen LogP contribution >= 0.6 is 0 Å². The molecule has 1 heterocycles. The number of aryl methyl sites for hydroxylation is 4. The number of hydrogen-bond acceptors (Lipinski definition) is 10. The maximum absolute atomic E-state index is 14.7. The van der Waals surface area contributed by atoms with Crippen molar-refractivity contribution in [1.29, 1.82) is 0 Å². The smallest absolute Gasteiger partial charge is 0.330 e. The molecule has 0 aromatic heterocycles. The van der Waals surface area contributed by atoms with Crippen molar-refractivity contribution in [3.05, 3.63) is 131 Å². The van der Waals surface area contributed by atoms with Crippen LogP contribution < -0.4 is 0 Å². The number of ether oxygens (including phenoxy) is 1. The molecular weight excluding hydrogens is 861 g/mol. The summed E-state index contributed by atoms with van der Waals surface area (Å²) in [5.74, 6) is -0.783. The topological polar surface area (TPSA) is 176 Å². The number of carbonyl (C=O) groups is 1. The molecule has 1 saturated heterocycles. The van der Waals surface area contributed by atoms with Gasteiger partial charge in [-0.15, -0.1) is 0 Å². The monoisotopic (exact) mass is 914 g/mol. The van der Waals surface area contributed by atoms with Crippen molar-refractivity contribution in [3.8, 4) is 0 Å². The van der Waals surface area contributed by atoms with Crippen LogP contribution in [-0.2, 0) is 49.6 Å². The van der Waals surface area contributed by atoms with E-state index in [4.69, 9.17) is 4.74 Å². The number of esters is 1. The second-order valence-electron chi connectivity index (χ2n) is 14.9. The zero-order valence-corrected chi connectivity index (χ0v) is 38.3. The van der Waals surface area contributed by atoms with Gasteiger partial charge in [0.05, 0.1) is 32.2 Å². The first-order chi connectivity index (χ1) is 28.8. The molecular formula is C43H54N4O10S4. The minimum absolute atomic E-state index is 0.0163. The Balaban J connectivity index is 1.68. The van der Waals surface area contributed by atoms with Crippen molar-refractivity contribution < 1.29 is 43.2 Å². The minimum Gasteiger partial charge on any atom is -0.463 e. The molecule has 1 aliphatic rings. The van der Waals surface area contributed by atoms with Crippen LogP contribution in [0.15, 0.2) is 129 Å². The van der Waals surface area contributed by atoms with E-state index in [2.05, 4.69) is 0 Å². The van der Waals surface area contributed by atoms with Crippen LogP contribution in [0.25, 0.3) is 0 Å². The molecule has 0 bridgehead atoms. The Morgan fingerprint density at radius 3 is 1.21 bits per heavy atom. The molecule has 0 saturated carbocycles. The van der Waals surface area contributed by atoms with E-state index in [0.29, 0.717) is 0 Å². The molecule has 330 valence electrons. The number of sulfonamides is 4. The highest BCUT2D eigenvalue weighted by atomic mass is 32.2. The summed E-state index contributed by atoms with van der Waals surface area (Å²) in [7, 11) is -17.3. The highest BCUT2D eigenvalue weighted by molar-refractivity contribution is 7.90. The van der Waals surface area contributed by atoms with Gasteiger partial charge in [-0.1, -0.05) is 76.9 Å². The largest absolute Gasteiger partial charge is 0.463 e. The van der Waals surface area contributed by atoms with E-state index < -0.39 is 58.6 Å². The van der Waals surface area contributed by atoms with Gasteiger partial charge in [0.15, 0.2) is 0 Å². The standard InChI is InChI=1S/C43H54N4O10S4/c1-6-57-43(48)26-17-38-33-46(60(53,54)41-22-13-36(4)14-23-41)29-7-27-44(58(49,50)39-18-9-34(2)10-19-39)31-32-45(59(51,52)40-20-11-35(3)12-21-40)28-8-30-47(38)61(55,56)42-24-15-37(5)16-25-42/h9-26,38H,6-8,27-33H2,1-5H3/b26-17+. The molecule has 0 amide bonds. The van der Waals surface area contributed by atoms with Crippen LogP contribution in [0.4, 0.5) is 0 Å². The van der Waals surface area contributed by atoms with Crippen molar-refractivity contribution in [1.82, 2.24) is 17.2 Å². The zero-order chi connectivity index (χ0) is 44.6. The van der Waals surface area contributed by atoms with Crippen molar-refractivity contribution in [2.45, 2.75) is 73.1 Å². The van der Waals surface area contributed by atoms with Crippen LogP contribution in [0.1, 0.15) is 42.0 Å². The Morgan fingerprint density at radius 2 is 0.836 bits per heavy atom. The lowest BCUT2D eigenvalue weighted by Crippen LogP contribution is -2.50. The SMILES string of the molecule is CCOC(=O)/C=C/C1CN(S(=O)(=O)c2ccc(C)cc2)CCCN(S(=O)(=O)c2ccc(C)cc2)CCN(S(=O)(=O)c2ccc(C)cc2)CCCN1S(=O)(=O)c1ccc(C)cc1. The summed E-state index contributed by atoms with van der Waals surface area (Å²) in [6, 6.07) is 23.4. The minimum atomic E-state index is -4.45. The summed E-state index contributed by atoms with van der Waals surface area (Å²) in [6.07, 6.45) is 2.16. The summed E-state index contributed by atoms with van der Waals surface area (Å²) in [4.78, 5) is 12.6. The van der Waals surface area contributed by atoms with Gasteiger partial charge in [-0.2, -0.15) is 17.2 Å². The molecule has 0 spiro atoms. The maximum Gasteiger partial charge on any atom is 0.330 e. The van der Waals surface area contributed by atoms with Gasteiger partial charge in [-0.3, -0.25) is 0 Å². The van der Waals surface area contributed by atoms with E-state index >= 15 is 0 Å². The predicted octanol–water partition coefficient (Wildman–Crippen LogP) is 5.27. The Hall–Kier alpha value is -4.27. The summed E-state index contributed by atoms with van der Waals surface area (Å²) in [6.45, 7) is 6.73. The number of carbonyl (C=O) groups excluding carboxylic acids is 1. The van der Waals surface area contributed by atoms with E-state index in [1.165, 1.54) is 54.6 Å². The normalized spacial score (nSPS) is 18.1. The molecule has 61 heavy (non-hydrogen) atoms. The first kappa shape index (κ1) is 47.8.